The molecular formula is C23H23F3O2. The Morgan fingerprint density at radius 3 is 2.25 bits per heavy atom. The van der Waals surface area contributed by atoms with Crippen LogP contribution in [0.25, 0.3) is 11.1 Å². The summed E-state index contributed by atoms with van der Waals surface area (Å²) in [6.07, 6.45) is 0. The summed E-state index contributed by atoms with van der Waals surface area (Å²) in [5.74, 6) is -3.60. The van der Waals surface area contributed by atoms with Crippen LogP contribution in [0.4, 0.5) is 13.2 Å². The third-order valence-electron chi connectivity index (χ3n) is 3.97. The van der Waals surface area contributed by atoms with E-state index in [1.165, 1.54) is 42.5 Å². The molecule has 0 radical (unpaired) electrons. The molecule has 0 aromatic heterocycles. The van der Waals surface area contributed by atoms with Crippen molar-refractivity contribution in [3.63, 3.8) is 0 Å². The monoisotopic (exact) mass is 388 g/mol. The normalized spacial score (nSPS) is 10.8. The molecule has 0 fully saturated rings. The van der Waals surface area contributed by atoms with Crippen LogP contribution in [0.15, 0.2) is 72.8 Å². The van der Waals surface area contributed by atoms with Gasteiger partial charge < -0.3 is 9.84 Å². The molecule has 0 atom stereocenters. The van der Waals surface area contributed by atoms with Crippen molar-refractivity contribution < 1.29 is 23.0 Å². The molecule has 0 saturated heterocycles. The number of hydrogen-bond donors (Lipinski definition) is 1. The third kappa shape index (κ3) is 5.36. The molecule has 0 aliphatic rings. The van der Waals surface area contributed by atoms with Crippen molar-refractivity contribution in [2.45, 2.75) is 26.4 Å². The number of aliphatic hydroxyl groups excluding tert-OH is 1. The van der Waals surface area contributed by atoms with E-state index in [4.69, 9.17) is 9.84 Å². The van der Waals surface area contributed by atoms with E-state index < -0.39 is 18.3 Å². The first-order chi connectivity index (χ1) is 13.5. The molecule has 1 N–H and O–H groups in total. The minimum Gasteiger partial charge on any atom is -0.489 e. The zero-order chi connectivity index (χ0) is 20.6. The second kappa shape index (κ2) is 9.95. The number of halogens is 3. The number of alkyl halides is 2. The molecule has 0 heterocycles. The van der Waals surface area contributed by atoms with E-state index in [2.05, 4.69) is 0 Å². The molecule has 3 aromatic carbocycles. The predicted octanol–water partition coefficient (Wildman–Crippen LogP) is 6.18. The van der Waals surface area contributed by atoms with Gasteiger partial charge in [-0.05, 0) is 47.0 Å². The third-order valence-corrected chi connectivity index (χ3v) is 3.97. The van der Waals surface area contributed by atoms with Crippen molar-refractivity contribution in [3.8, 4) is 16.9 Å². The molecule has 5 heteroatoms. The highest BCUT2D eigenvalue weighted by molar-refractivity contribution is 5.70. The lowest BCUT2D eigenvalue weighted by atomic mass is 9.95. The van der Waals surface area contributed by atoms with Crippen molar-refractivity contribution in [1.29, 1.82) is 0 Å². The largest absolute Gasteiger partial charge is 0.489 e. The van der Waals surface area contributed by atoms with E-state index in [1.54, 1.807) is 0 Å². The second-order valence-corrected chi connectivity index (χ2v) is 5.85. The number of ether oxygens (including phenoxy) is 1. The molecule has 0 aliphatic heterocycles. The maximum Gasteiger partial charge on any atom is 0.296 e. The predicted molar refractivity (Wildman–Crippen MR) is 105 cm³/mol. The molecule has 0 bridgehead atoms. The standard InChI is InChI=1S/C21H17F3O2.C2H6/c22-17-8-4-7-16(11-17)19-12-18(9-10-20(19)21(23,24)14-25)26-13-15-5-2-1-3-6-15;1-2/h1-12,25H,13-14H2;1-2H3. The summed E-state index contributed by atoms with van der Waals surface area (Å²) in [7, 11) is 0. The molecule has 0 unspecified atom stereocenters. The fourth-order valence-electron chi connectivity index (χ4n) is 2.65. The molecule has 2 nitrogen and oxygen atoms in total. The molecule has 0 aliphatic carbocycles. The minimum atomic E-state index is -3.44. The van der Waals surface area contributed by atoms with Gasteiger partial charge in [0, 0.05) is 5.56 Å². The fraction of sp³-hybridized carbons (Fsp3) is 0.217. The Kier molecular flexibility index (Phi) is 7.64. The number of hydrogen-bond acceptors (Lipinski definition) is 2. The Morgan fingerprint density at radius 1 is 0.893 bits per heavy atom. The molecule has 28 heavy (non-hydrogen) atoms. The van der Waals surface area contributed by atoms with Gasteiger partial charge in [0.1, 0.15) is 24.8 Å². The zero-order valence-corrected chi connectivity index (χ0v) is 15.8. The van der Waals surface area contributed by atoms with E-state index in [1.807, 2.05) is 44.2 Å². The van der Waals surface area contributed by atoms with Crippen LogP contribution in [0.2, 0.25) is 0 Å². The van der Waals surface area contributed by atoms with Gasteiger partial charge in [0.2, 0.25) is 0 Å². The summed E-state index contributed by atoms with van der Waals surface area (Å²) in [6.45, 7) is 2.94. The van der Waals surface area contributed by atoms with Gasteiger partial charge in [-0.3, -0.25) is 0 Å². The van der Waals surface area contributed by atoms with Gasteiger partial charge in [-0.15, -0.1) is 0 Å². The average Bonchev–Trinajstić information content (AvgIpc) is 2.74. The average molecular weight is 388 g/mol. The molecule has 3 aromatic rings. The summed E-state index contributed by atoms with van der Waals surface area (Å²) in [6, 6.07) is 18.9. The summed E-state index contributed by atoms with van der Waals surface area (Å²) in [5, 5.41) is 9.04. The van der Waals surface area contributed by atoms with E-state index in [0.717, 1.165) is 5.56 Å². The quantitative estimate of drug-likeness (QED) is 0.546. The van der Waals surface area contributed by atoms with Crippen LogP contribution in [0.3, 0.4) is 0 Å². The Bertz CT molecular complexity index is 880. The van der Waals surface area contributed by atoms with Gasteiger partial charge in [-0.2, -0.15) is 8.78 Å². The topological polar surface area (TPSA) is 29.5 Å². The van der Waals surface area contributed by atoms with Gasteiger partial charge in [0.15, 0.2) is 0 Å². The van der Waals surface area contributed by atoms with Gasteiger partial charge >= 0.3 is 0 Å². The van der Waals surface area contributed by atoms with Gasteiger partial charge in [0.05, 0.1) is 0 Å². The van der Waals surface area contributed by atoms with Gasteiger partial charge in [-0.25, -0.2) is 4.39 Å². The summed E-state index contributed by atoms with van der Waals surface area (Å²) >= 11 is 0. The highest BCUT2D eigenvalue weighted by atomic mass is 19.3. The second-order valence-electron chi connectivity index (χ2n) is 5.85. The zero-order valence-electron chi connectivity index (χ0n) is 15.8. The number of benzene rings is 3. The maximum absolute atomic E-state index is 14.1. The fourth-order valence-corrected chi connectivity index (χ4v) is 2.65. The molecule has 0 saturated carbocycles. The lowest BCUT2D eigenvalue weighted by Crippen LogP contribution is -2.19. The molecule has 0 spiro atoms. The molecule has 148 valence electrons. The number of rotatable bonds is 6. The Balaban J connectivity index is 0.00000136. The molecule has 3 rings (SSSR count). The minimum absolute atomic E-state index is 0.120. The van der Waals surface area contributed by atoms with Crippen LogP contribution in [0.5, 0.6) is 5.75 Å². The van der Waals surface area contributed by atoms with E-state index >= 15 is 0 Å². The summed E-state index contributed by atoms with van der Waals surface area (Å²) in [4.78, 5) is 0. The van der Waals surface area contributed by atoms with Crippen molar-refractivity contribution in [2.75, 3.05) is 6.61 Å². The van der Waals surface area contributed by atoms with Crippen molar-refractivity contribution >= 4 is 0 Å². The van der Waals surface area contributed by atoms with Crippen molar-refractivity contribution in [1.82, 2.24) is 0 Å². The first-order valence-corrected chi connectivity index (χ1v) is 9.05. The summed E-state index contributed by atoms with van der Waals surface area (Å²) < 4.78 is 47.5. The van der Waals surface area contributed by atoms with Crippen LogP contribution in [0.1, 0.15) is 25.0 Å². The van der Waals surface area contributed by atoms with E-state index in [0.29, 0.717) is 11.3 Å². The van der Waals surface area contributed by atoms with Crippen molar-refractivity contribution in [3.05, 3.63) is 89.7 Å². The lowest BCUT2D eigenvalue weighted by molar-refractivity contribution is -0.0551. The Labute approximate surface area is 163 Å². The van der Waals surface area contributed by atoms with Crippen LogP contribution < -0.4 is 4.74 Å². The van der Waals surface area contributed by atoms with Gasteiger partial charge in [-0.1, -0.05) is 56.3 Å². The summed E-state index contributed by atoms with van der Waals surface area (Å²) in [5.41, 5.74) is 0.967. The van der Waals surface area contributed by atoms with E-state index in [9.17, 15) is 13.2 Å². The Morgan fingerprint density at radius 2 is 1.61 bits per heavy atom. The highest BCUT2D eigenvalue weighted by Gasteiger charge is 2.33. The van der Waals surface area contributed by atoms with Crippen LogP contribution in [-0.4, -0.2) is 11.7 Å². The Hall–Kier alpha value is -2.79. The molecular weight excluding hydrogens is 365 g/mol. The van der Waals surface area contributed by atoms with Crippen molar-refractivity contribution in [2.24, 2.45) is 0 Å². The SMILES string of the molecule is CC.OCC(F)(F)c1ccc(OCc2ccccc2)cc1-c1cccc(F)c1. The molecule has 0 amide bonds. The highest BCUT2D eigenvalue weighted by Crippen LogP contribution is 2.38. The first-order valence-electron chi connectivity index (χ1n) is 9.05. The maximum atomic E-state index is 14.1. The number of aliphatic hydroxyl groups is 1. The smallest absolute Gasteiger partial charge is 0.296 e. The van der Waals surface area contributed by atoms with Crippen LogP contribution in [0, 0.1) is 5.82 Å². The first kappa shape index (κ1) is 21.5. The van der Waals surface area contributed by atoms with Gasteiger partial charge in [0.25, 0.3) is 5.92 Å². The van der Waals surface area contributed by atoms with E-state index in [-0.39, 0.29) is 17.7 Å². The van der Waals surface area contributed by atoms with Crippen LogP contribution >= 0.6 is 0 Å². The van der Waals surface area contributed by atoms with Crippen LogP contribution in [-0.2, 0) is 12.5 Å². The lowest BCUT2D eigenvalue weighted by Gasteiger charge is -2.19.